The Morgan fingerprint density at radius 3 is 3.00 bits per heavy atom. The van der Waals surface area contributed by atoms with E-state index in [-0.39, 0.29) is 11.8 Å². The van der Waals surface area contributed by atoms with Gasteiger partial charge >= 0.3 is 5.97 Å². The Bertz CT molecular complexity index is 319. The topological polar surface area (TPSA) is 63.3 Å². The van der Waals surface area contributed by atoms with E-state index in [2.05, 4.69) is 4.98 Å². The first kappa shape index (κ1) is 9.58. The SMILES string of the molecule is O=C(O)CC1(CSc2ncco2)CC1. The molecule has 0 radical (unpaired) electrons. The minimum Gasteiger partial charge on any atom is -0.481 e. The molecule has 5 heteroatoms. The molecule has 2 rings (SSSR count). The molecular formula is C9H11NO3S. The van der Waals surface area contributed by atoms with Gasteiger partial charge in [0.1, 0.15) is 6.26 Å². The lowest BCUT2D eigenvalue weighted by molar-refractivity contribution is -0.138. The Morgan fingerprint density at radius 1 is 1.71 bits per heavy atom. The van der Waals surface area contributed by atoms with Crippen molar-refractivity contribution in [2.45, 2.75) is 24.5 Å². The summed E-state index contributed by atoms with van der Waals surface area (Å²) in [6, 6.07) is 0. The van der Waals surface area contributed by atoms with Crippen molar-refractivity contribution in [3.8, 4) is 0 Å². The summed E-state index contributed by atoms with van der Waals surface area (Å²) in [5.41, 5.74) is 0.00493. The first-order valence-corrected chi connectivity index (χ1v) is 5.43. The van der Waals surface area contributed by atoms with Gasteiger partial charge in [-0.25, -0.2) is 4.98 Å². The van der Waals surface area contributed by atoms with Crippen LogP contribution < -0.4 is 0 Å². The molecule has 1 aliphatic rings. The van der Waals surface area contributed by atoms with Crippen LogP contribution in [-0.4, -0.2) is 21.8 Å². The maximum atomic E-state index is 10.6. The van der Waals surface area contributed by atoms with Gasteiger partial charge in [0.2, 0.25) is 0 Å². The predicted octanol–water partition coefficient (Wildman–Crippen LogP) is 2.02. The molecule has 1 heterocycles. The Kier molecular flexibility index (Phi) is 2.50. The molecule has 0 aromatic carbocycles. The van der Waals surface area contributed by atoms with Gasteiger partial charge in [0.05, 0.1) is 12.6 Å². The highest BCUT2D eigenvalue weighted by Gasteiger charge is 2.44. The van der Waals surface area contributed by atoms with Gasteiger partial charge in [-0.05, 0) is 18.3 Å². The van der Waals surface area contributed by atoms with E-state index in [1.807, 2.05) is 0 Å². The summed E-state index contributed by atoms with van der Waals surface area (Å²) in [6.07, 6.45) is 5.40. The quantitative estimate of drug-likeness (QED) is 0.758. The first-order chi connectivity index (χ1) is 6.70. The fraction of sp³-hybridized carbons (Fsp3) is 0.556. The van der Waals surface area contributed by atoms with Crippen molar-refractivity contribution >= 4 is 17.7 Å². The van der Waals surface area contributed by atoms with Crippen molar-refractivity contribution in [1.82, 2.24) is 4.98 Å². The number of rotatable bonds is 5. The fourth-order valence-electron chi connectivity index (χ4n) is 1.37. The van der Waals surface area contributed by atoms with Crippen LogP contribution in [-0.2, 0) is 4.79 Å². The van der Waals surface area contributed by atoms with Gasteiger partial charge in [0.25, 0.3) is 5.22 Å². The number of aliphatic carboxylic acids is 1. The van der Waals surface area contributed by atoms with Gasteiger partial charge in [0.15, 0.2) is 0 Å². The zero-order valence-corrected chi connectivity index (χ0v) is 8.42. The van der Waals surface area contributed by atoms with E-state index < -0.39 is 5.97 Å². The lowest BCUT2D eigenvalue weighted by Crippen LogP contribution is -2.10. The van der Waals surface area contributed by atoms with E-state index >= 15 is 0 Å². The predicted molar refractivity (Wildman–Crippen MR) is 51.1 cm³/mol. The monoisotopic (exact) mass is 213 g/mol. The number of nitrogens with zero attached hydrogens (tertiary/aromatic N) is 1. The van der Waals surface area contributed by atoms with Gasteiger partial charge in [-0.1, -0.05) is 11.8 Å². The van der Waals surface area contributed by atoms with Crippen LogP contribution in [0.5, 0.6) is 0 Å². The van der Waals surface area contributed by atoms with Crippen molar-refractivity contribution in [3.05, 3.63) is 12.5 Å². The lowest BCUT2D eigenvalue weighted by atomic mass is 10.1. The van der Waals surface area contributed by atoms with Crippen LogP contribution in [0.4, 0.5) is 0 Å². The van der Waals surface area contributed by atoms with Gasteiger partial charge < -0.3 is 9.52 Å². The zero-order valence-electron chi connectivity index (χ0n) is 7.60. The Labute approximate surface area is 85.7 Å². The molecular weight excluding hydrogens is 202 g/mol. The molecule has 0 atom stereocenters. The van der Waals surface area contributed by atoms with E-state index in [0.717, 1.165) is 18.6 Å². The highest BCUT2D eigenvalue weighted by Crippen LogP contribution is 2.51. The zero-order chi connectivity index (χ0) is 10.0. The second-order valence-electron chi connectivity index (χ2n) is 3.66. The van der Waals surface area contributed by atoms with E-state index in [1.54, 1.807) is 6.20 Å². The molecule has 1 aromatic heterocycles. The molecule has 0 aliphatic heterocycles. The number of thioether (sulfide) groups is 1. The van der Waals surface area contributed by atoms with Gasteiger partial charge in [-0.3, -0.25) is 4.79 Å². The van der Waals surface area contributed by atoms with Gasteiger partial charge in [0, 0.05) is 5.75 Å². The number of oxazole rings is 1. The minimum absolute atomic E-state index is 0.00493. The van der Waals surface area contributed by atoms with Gasteiger partial charge in [-0.15, -0.1) is 0 Å². The van der Waals surface area contributed by atoms with E-state index in [9.17, 15) is 4.79 Å². The van der Waals surface area contributed by atoms with Crippen LogP contribution in [0.3, 0.4) is 0 Å². The Balaban J connectivity index is 1.83. The van der Waals surface area contributed by atoms with Crippen molar-refractivity contribution in [2.24, 2.45) is 5.41 Å². The number of carboxylic acid groups (broad SMARTS) is 1. The molecule has 0 saturated heterocycles. The fourth-order valence-corrected chi connectivity index (χ4v) is 2.45. The normalized spacial score (nSPS) is 18.0. The Morgan fingerprint density at radius 2 is 2.50 bits per heavy atom. The summed E-state index contributed by atoms with van der Waals surface area (Å²) < 4.78 is 5.07. The molecule has 0 amide bonds. The molecule has 1 fully saturated rings. The second kappa shape index (κ2) is 3.65. The summed E-state index contributed by atoms with van der Waals surface area (Å²) >= 11 is 1.50. The molecule has 76 valence electrons. The lowest BCUT2D eigenvalue weighted by Gasteiger charge is -2.09. The van der Waals surface area contributed by atoms with Crippen molar-refractivity contribution in [1.29, 1.82) is 0 Å². The average Bonchev–Trinajstić information content (AvgIpc) is 2.68. The van der Waals surface area contributed by atoms with E-state index in [1.165, 1.54) is 18.0 Å². The Hall–Kier alpha value is -0.970. The average molecular weight is 213 g/mol. The van der Waals surface area contributed by atoms with Crippen molar-refractivity contribution in [2.75, 3.05) is 5.75 Å². The van der Waals surface area contributed by atoms with Crippen molar-refractivity contribution < 1.29 is 14.3 Å². The van der Waals surface area contributed by atoms with Crippen LogP contribution >= 0.6 is 11.8 Å². The number of aromatic nitrogens is 1. The standard InChI is InChI=1S/C9H11NO3S/c11-7(12)5-9(1-2-9)6-14-8-10-3-4-13-8/h3-4H,1-2,5-6H2,(H,11,12). The summed E-state index contributed by atoms with van der Waals surface area (Å²) in [5.74, 6) is 0.0790. The summed E-state index contributed by atoms with van der Waals surface area (Å²) in [4.78, 5) is 14.5. The number of carboxylic acids is 1. The number of carbonyl (C=O) groups is 1. The molecule has 0 bridgehead atoms. The smallest absolute Gasteiger partial charge is 0.303 e. The molecule has 1 saturated carbocycles. The van der Waals surface area contributed by atoms with Crippen LogP contribution in [0.1, 0.15) is 19.3 Å². The molecule has 0 spiro atoms. The summed E-state index contributed by atoms with van der Waals surface area (Å²) in [5, 5.41) is 9.32. The maximum Gasteiger partial charge on any atom is 0.303 e. The number of hydrogen-bond donors (Lipinski definition) is 1. The molecule has 4 nitrogen and oxygen atoms in total. The van der Waals surface area contributed by atoms with Crippen LogP contribution in [0.15, 0.2) is 22.1 Å². The van der Waals surface area contributed by atoms with Crippen LogP contribution in [0.2, 0.25) is 0 Å². The highest BCUT2D eigenvalue weighted by atomic mass is 32.2. The van der Waals surface area contributed by atoms with Gasteiger partial charge in [-0.2, -0.15) is 0 Å². The maximum absolute atomic E-state index is 10.6. The third-order valence-electron chi connectivity index (χ3n) is 2.39. The summed E-state index contributed by atoms with van der Waals surface area (Å²) in [7, 11) is 0. The minimum atomic E-state index is -0.712. The molecule has 1 aromatic rings. The summed E-state index contributed by atoms with van der Waals surface area (Å²) in [6.45, 7) is 0. The largest absolute Gasteiger partial charge is 0.481 e. The molecule has 14 heavy (non-hydrogen) atoms. The van der Waals surface area contributed by atoms with E-state index in [4.69, 9.17) is 9.52 Å². The van der Waals surface area contributed by atoms with Crippen molar-refractivity contribution in [3.63, 3.8) is 0 Å². The third kappa shape index (κ3) is 2.29. The molecule has 0 unspecified atom stereocenters. The second-order valence-corrected chi connectivity index (χ2v) is 4.58. The van der Waals surface area contributed by atoms with Crippen LogP contribution in [0.25, 0.3) is 0 Å². The third-order valence-corrected chi connectivity index (χ3v) is 3.60. The van der Waals surface area contributed by atoms with Crippen LogP contribution in [0, 0.1) is 5.41 Å². The molecule has 1 N–H and O–H groups in total. The highest BCUT2D eigenvalue weighted by molar-refractivity contribution is 7.99. The van der Waals surface area contributed by atoms with E-state index in [0.29, 0.717) is 5.22 Å². The number of hydrogen-bond acceptors (Lipinski definition) is 4. The molecule has 1 aliphatic carbocycles. The first-order valence-electron chi connectivity index (χ1n) is 4.44.